The maximum absolute atomic E-state index is 11.8. The molecule has 0 aliphatic carbocycles. The number of nitrogens with one attached hydrogen (secondary N) is 1. The number of Topliss-reactive ketones (excluding diaryl/α,β-unsaturated/α-hetero) is 1. The van der Waals surface area contributed by atoms with Crippen molar-refractivity contribution in [2.45, 2.75) is 26.7 Å². The van der Waals surface area contributed by atoms with Crippen molar-refractivity contribution in [2.24, 2.45) is 0 Å². The first-order valence-corrected chi connectivity index (χ1v) is 7.66. The number of hydrogen-bond acceptors (Lipinski definition) is 4. The van der Waals surface area contributed by atoms with Gasteiger partial charge in [-0.15, -0.1) is 0 Å². The second kappa shape index (κ2) is 11.4. The summed E-state index contributed by atoms with van der Waals surface area (Å²) in [5.74, 6) is 0.199. The van der Waals surface area contributed by atoms with Crippen LogP contribution in [0.3, 0.4) is 0 Å². The molecular formula is C17H27NO3. The molecule has 1 aromatic rings. The molecule has 1 N–H and O–H groups in total. The Balaban J connectivity index is 1.97. The van der Waals surface area contributed by atoms with Crippen LogP contribution < -0.4 is 5.32 Å². The summed E-state index contributed by atoms with van der Waals surface area (Å²) in [5.41, 5.74) is 2.28. The van der Waals surface area contributed by atoms with Crippen LogP contribution in [-0.4, -0.2) is 45.3 Å². The van der Waals surface area contributed by atoms with E-state index in [9.17, 15) is 4.79 Å². The highest BCUT2D eigenvalue weighted by Crippen LogP contribution is 2.03. The number of ether oxygens (including phenoxy) is 2. The van der Waals surface area contributed by atoms with E-state index in [0.29, 0.717) is 39.3 Å². The molecule has 0 fully saturated rings. The molecule has 0 amide bonds. The van der Waals surface area contributed by atoms with Gasteiger partial charge in [-0.2, -0.15) is 0 Å². The summed E-state index contributed by atoms with van der Waals surface area (Å²) >= 11 is 0. The number of aryl methyl sites for hydroxylation is 1. The molecule has 21 heavy (non-hydrogen) atoms. The van der Waals surface area contributed by atoms with E-state index in [1.807, 2.05) is 31.2 Å². The van der Waals surface area contributed by atoms with Crippen LogP contribution >= 0.6 is 0 Å². The number of hydrogen-bond donors (Lipinski definition) is 1. The van der Waals surface area contributed by atoms with Crippen LogP contribution in [0.15, 0.2) is 24.3 Å². The summed E-state index contributed by atoms with van der Waals surface area (Å²) in [6.45, 7) is 7.84. The van der Waals surface area contributed by atoms with Gasteiger partial charge >= 0.3 is 0 Å². The van der Waals surface area contributed by atoms with Gasteiger partial charge in [0.15, 0.2) is 5.78 Å². The lowest BCUT2D eigenvalue weighted by molar-refractivity contribution is -0.117. The minimum Gasteiger partial charge on any atom is -0.379 e. The molecule has 1 aromatic carbocycles. The smallest absolute Gasteiger partial charge is 0.150 e. The number of rotatable bonds is 12. The SMILES string of the molecule is CCCOCCOCCNCC(=O)Cc1ccc(C)cc1. The Kier molecular flexibility index (Phi) is 9.70. The lowest BCUT2D eigenvalue weighted by Gasteiger charge is -2.06. The van der Waals surface area contributed by atoms with E-state index in [1.165, 1.54) is 5.56 Å². The predicted octanol–water partition coefficient (Wildman–Crippen LogP) is 2.14. The van der Waals surface area contributed by atoms with E-state index in [0.717, 1.165) is 18.6 Å². The second-order valence-corrected chi connectivity index (χ2v) is 5.10. The molecule has 0 aromatic heterocycles. The molecule has 0 spiro atoms. The third-order valence-electron chi connectivity index (χ3n) is 2.99. The highest BCUT2D eigenvalue weighted by atomic mass is 16.5. The predicted molar refractivity (Wildman–Crippen MR) is 84.7 cm³/mol. The van der Waals surface area contributed by atoms with Gasteiger partial charge in [-0.05, 0) is 18.9 Å². The van der Waals surface area contributed by atoms with Crippen LogP contribution in [0.25, 0.3) is 0 Å². The zero-order chi connectivity index (χ0) is 15.3. The summed E-state index contributed by atoms with van der Waals surface area (Å²) in [5, 5.41) is 3.10. The van der Waals surface area contributed by atoms with Crippen LogP contribution in [0.4, 0.5) is 0 Å². The molecule has 4 heteroatoms. The summed E-state index contributed by atoms with van der Waals surface area (Å²) < 4.78 is 10.7. The summed E-state index contributed by atoms with van der Waals surface area (Å²) in [6.07, 6.45) is 1.52. The molecule has 0 saturated heterocycles. The van der Waals surface area contributed by atoms with Crippen molar-refractivity contribution in [1.29, 1.82) is 0 Å². The Morgan fingerprint density at radius 3 is 2.38 bits per heavy atom. The third-order valence-corrected chi connectivity index (χ3v) is 2.99. The zero-order valence-electron chi connectivity index (χ0n) is 13.2. The van der Waals surface area contributed by atoms with Crippen LogP contribution in [0, 0.1) is 6.92 Å². The summed E-state index contributed by atoms with van der Waals surface area (Å²) in [7, 11) is 0. The van der Waals surface area contributed by atoms with Gasteiger partial charge < -0.3 is 14.8 Å². The van der Waals surface area contributed by atoms with Gasteiger partial charge in [-0.1, -0.05) is 36.8 Å². The topological polar surface area (TPSA) is 47.6 Å². The van der Waals surface area contributed by atoms with Crippen molar-refractivity contribution in [3.63, 3.8) is 0 Å². The molecule has 0 heterocycles. The monoisotopic (exact) mass is 293 g/mol. The Morgan fingerprint density at radius 1 is 1.05 bits per heavy atom. The minimum absolute atomic E-state index is 0.199. The molecular weight excluding hydrogens is 266 g/mol. The van der Waals surface area contributed by atoms with Crippen LogP contribution in [-0.2, 0) is 20.7 Å². The number of ketones is 1. The fourth-order valence-corrected chi connectivity index (χ4v) is 1.83. The van der Waals surface area contributed by atoms with Gasteiger partial charge in [0.1, 0.15) is 0 Å². The van der Waals surface area contributed by atoms with Gasteiger partial charge in [0, 0.05) is 19.6 Å². The van der Waals surface area contributed by atoms with Crippen molar-refractivity contribution >= 4 is 5.78 Å². The van der Waals surface area contributed by atoms with Crippen molar-refractivity contribution in [3.05, 3.63) is 35.4 Å². The molecule has 0 bridgehead atoms. The molecule has 0 unspecified atom stereocenters. The highest BCUT2D eigenvalue weighted by Gasteiger charge is 2.03. The zero-order valence-corrected chi connectivity index (χ0v) is 13.2. The molecule has 0 saturated carbocycles. The molecule has 0 aliphatic heterocycles. The Morgan fingerprint density at radius 2 is 1.71 bits per heavy atom. The van der Waals surface area contributed by atoms with Crippen molar-refractivity contribution in [3.8, 4) is 0 Å². The van der Waals surface area contributed by atoms with Gasteiger partial charge in [-0.3, -0.25) is 4.79 Å². The van der Waals surface area contributed by atoms with Crippen LogP contribution in [0.2, 0.25) is 0 Å². The van der Waals surface area contributed by atoms with Gasteiger partial charge in [-0.25, -0.2) is 0 Å². The molecule has 0 atom stereocenters. The quantitative estimate of drug-likeness (QED) is 0.600. The van der Waals surface area contributed by atoms with Crippen molar-refractivity contribution in [1.82, 2.24) is 5.32 Å². The fourth-order valence-electron chi connectivity index (χ4n) is 1.83. The maximum Gasteiger partial charge on any atom is 0.150 e. The largest absolute Gasteiger partial charge is 0.379 e. The Hall–Kier alpha value is -1.23. The fraction of sp³-hybridized carbons (Fsp3) is 0.588. The van der Waals surface area contributed by atoms with Crippen molar-refractivity contribution < 1.29 is 14.3 Å². The van der Waals surface area contributed by atoms with Gasteiger partial charge in [0.05, 0.1) is 26.4 Å². The highest BCUT2D eigenvalue weighted by molar-refractivity contribution is 5.82. The van der Waals surface area contributed by atoms with Gasteiger partial charge in [0.25, 0.3) is 0 Å². The number of carbonyl (C=O) groups is 1. The van der Waals surface area contributed by atoms with E-state index < -0.39 is 0 Å². The Bertz CT molecular complexity index is 390. The standard InChI is InChI=1S/C17H27NO3/c1-3-9-20-11-12-21-10-8-18-14-17(19)13-16-6-4-15(2)5-7-16/h4-7,18H,3,8-14H2,1-2H3. The third kappa shape index (κ3) is 9.34. The normalized spacial score (nSPS) is 10.8. The summed E-state index contributed by atoms with van der Waals surface area (Å²) in [4.78, 5) is 11.8. The lowest BCUT2D eigenvalue weighted by atomic mass is 10.1. The molecule has 118 valence electrons. The average molecular weight is 293 g/mol. The Labute approximate surface area is 127 Å². The molecule has 0 radical (unpaired) electrons. The van der Waals surface area contributed by atoms with E-state index in [-0.39, 0.29) is 5.78 Å². The van der Waals surface area contributed by atoms with Gasteiger partial charge in [0.2, 0.25) is 0 Å². The molecule has 1 rings (SSSR count). The van der Waals surface area contributed by atoms with E-state index in [1.54, 1.807) is 0 Å². The van der Waals surface area contributed by atoms with E-state index in [4.69, 9.17) is 9.47 Å². The molecule has 4 nitrogen and oxygen atoms in total. The first-order chi connectivity index (χ1) is 10.2. The summed E-state index contributed by atoms with van der Waals surface area (Å²) in [6, 6.07) is 8.08. The first-order valence-electron chi connectivity index (χ1n) is 7.66. The lowest BCUT2D eigenvalue weighted by Crippen LogP contribution is -2.27. The van der Waals surface area contributed by atoms with E-state index >= 15 is 0 Å². The minimum atomic E-state index is 0.199. The van der Waals surface area contributed by atoms with Crippen LogP contribution in [0.1, 0.15) is 24.5 Å². The number of benzene rings is 1. The van der Waals surface area contributed by atoms with Crippen molar-refractivity contribution in [2.75, 3.05) is 39.5 Å². The maximum atomic E-state index is 11.8. The van der Waals surface area contributed by atoms with E-state index in [2.05, 4.69) is 12.2 Å². The molecule has 0 aliphatic rings. The number of carbonyl (C=O) groups excluding carboxylic acids is 1. The first kappa shape index (κ1) is 17.8. The van der Waals surface area contributed by atoms with Crippen LogP contribution in [0.5, 0.6) is 0 Å². The second-order valence-electron chi connectivity index (χ2n) is 5.10. The average Bonchev–Trinajstić information content (AvgIpc) is 2.48.